The second-order valence-corrected chi connectivity index (χ2v) is 11.1. The molecule has 0 bridgehead atoms. The number of hydrogen-bond acceptors (Lipinski definition) is 5. The van der Waals surface area contributed by atoms with Crippen LogP contribution in [-0.2, 0) is 17.9 Å². The molecule has 3 aliphatic rings. The van der Waals surface area contributed by atoms with Crippen LogP contribution in [0.1, 0.15) is 56.1 Å². The van der Waals surface area contributed by atoms with Crippen LogP contribution in [-0.4, -0.2) is 71.5 Å². The van der Waals surface area contributed by atoms with Crippen molar-refractivity contribution in [2.75, 3.05) is 45.9 Å². The average Bonchev–Trinajstić information content (AvgIpc) is 3.43. The highest BCUT2D eigenvalue weighted by atomic mass is 16.5. The standard InChI is InChI=1S/C30H42N4O2/c35-30(19-25-5-1-2-6-25)34-14-4-8-28(23-34)24-36-29-11-9-26(10-12-29)21-32-15-17-33(18-16-32)22-27-7-3-13-31-20-27/h3,7,9-13,20,25,28H,1-2,4-6,8,14-19,21-24H2/t28-/m1/s1. The summed E-state index contributed by atoms with van der Waals surface area (Å²) < 4.78 is 6.16. The Kier molecular flexibility index (Phi) is 8.89. The van der Waals surface area contributed by atoms with Crippen LogP contribution in [0.4, 0.5) is 0 Å². The molecular weight excluding hydrogens is 448 g/mol. The Bertz CT molecular complexity index is 937. The highest BCUT2D eigenvalue weighted by Crippen LogP contribution is 2.29. The van der Waals surface area contributed by atoms with Crippen molar-refractivity contribution >= 4 is 5.91 Å². The van der Waals surface area contributed by atoms with Crippen molar-refractivity contribution < 1.29 is 9.53 Å². The van der Waals surface area contributed by atoms with E-state index in [9.17, 15) is 4.79 Å². The zero-order chi connectivity index (χ0) is 24.6. The van der Waals surface area contributed by atoms with Crippen LogP contribution in [0.25, 0.3) is 0 Å². The summed E-state index contributed by atoms with van der Waals surface area (Å²) in [6, 6.07) is 12.8. The molecule has 3 heterocycles. The fourth-order valence-corrected chi connectivity index (χ4v) is 6.04. The molecule has 1 atom stereocenters. The summed E-state index contributed by atoms with van der Waals surface area (Å²) >= 11 is 0. The maximum absolute atomic E-state index is 12.8. The molecule has 6 nitrogen and oxygen atoms in total. The largest absolute Gasteiger partial charge is 0.493 e. The molecule has 2 aromatic rings. The lowest BCUT2D eigenvalue weighted by molar-refractivity contribution is -0.134. The molecule has 0 radical (unpaired) electrons. The molecule has 5 rings (SSSR count). The van der Waals surface area contributed by atoms with Gasteiger partial charge in [0.2, 0.25) is 5.91 Å². The van der Waals surface area contributed by atoms with Crippen molar-refractivity contribution in [1.82, 2.24) is 19.7 Å². The van der Waals surface area contributed by atoms with Gasteiger partial charge >= 0.3 is 0 Å². The molecule has 0 N–H and O–H groups in total. The van der Waals surface area contributed by atoms with Gasteiger partial charge in [0.15, 0.2) is 0 Å². The van der Waals surface area contributed by atoms with Crippen LogP contribution in [0.15, 0.2) is 48.8 Å². The predicted octanol–water partition coefficient (Wildman–Crippen LogP) is 4.60. The summed E-state index contributed by atoms with van der Waals surface area (Å²) in [5.74, 6) is 2.38. The SMILES string of the molecule is O=C(CC1CCCC1)N1CCC[C@@H](COc2ccc(CN3CCN(Cc4cccnc4)CC3)cc2)C1. The Morgan fingerprint density at radius 1 is 0.833 bits per heavy atom. The number of carbonyl (C=O) groups is 1. The van der Waals surface area contributed by atoms with E-state index in [1.54, 1.807) is 0 Å². The molecule has 0 unspecified atom stereocenters. The lowest BCUT2D eigenvalue weighted by atomic mass is 9.97. The Morgan fingerprint density at radius 2 is 1.53 bits per heavy atom. The second-order valence-electron chi connectivity index (χ2n) is 11.1. The van der Waals surface area contributed by atoms with E-state index in [-0.39, 0.29) is 0 Å². The van der Waals surface area contributed by atoms with Crippen molar-refractivity contribution in [3.05, 3.63) is 59.9 Å². The highest BCUT2D eigenvalue weighted by Gasteiger charge is 2.27. The third-order valence-corrected chi connectivity index (χ3v) is 8.22. The van der Waals surface area contributed by atoms with E-state index in [0.29, 0.717) is 24.3 Å². The van der Waals surface area contributed by atoms with Gasteiger partial charge in [-0.25, -0.2) is 0 Å². The lowest BCUT2D eigenvalue weighted by Crippen LogP contribution is -2.45. The van der Waals surface area contributed by atoms with Crippen molar-refractivity contribution in [3.8, 4) is 5.75 Å². The third-order valence-electron chi connectivity index (χ3n) is 8.22. The first-order valence-electron chi connectivity index (χ1n) is 14.0. The summed E-state index contributed by atoms with van der Waals surface area (Å²) in [6.45, 7) is 8.83. The summed E-state index contributed by atoms with van der Waals surface area (Å²) in [5.41, 5.74) is 2.63. The molecule has 36 heavy (non-hydrogen) atoms. The van der Waals surface area contributed by atoms with E-state index in [1.807, 2.05) is 18.5 Å². The first-order chi connectivity index (χ1) is 17.7. The van der Waals surface area contributed by atoms with Gasteiger partial charge in [-0.15, -0.1) is 0 Å². The summed E-state index contributed by atoms with van der Waals surface area (Å²) in [6.07, 6.45) is 11.9. The van der Waals surface area contributed by atoms with Crippen LogP contribution in [0.5, 0.6) is 5.75 Å². The van der Waals surface area contributed by atoms with Gasteiger partial charge in [0.25, 0.3) is 0 Å². The van der Waals surface area contributed by atoms with E-state index in [1.165, 1.54) is 36.8 Å². The number of pyridine rings is 1. The van der Waals surface area contributed by atoms with Gasteiger partial charge in [0, 0.05) is 77.1 Å². The fraction of sp³-hybridized carbons (Fsp3) is 0.600. The number of ether oxygens (including phenoxy) is 1. The molecular formula is C30H42N4O2. The van der Waals surface area contributed by atoms with Crippen molar-refractivity contribution in [1.29, 1.82) is 0 Å². The smallest absolute Gasteiger partial charge is 0.222 e. The number of likely N-dealkylation sites (tertiary alicyclic amines) is 1. The maximum Gasteiger partial charge on any atom is 0.222 e. The average molecular weight is 491 g/mol. The predicted molar refractivity (Wildman–Crippen MR) is 143 cm³/mol. The van der Waals surface area contributed by atoms with Crippen LogP contribution >= 0.6 is 0 Å². The molecule has 1 aromatic heterocycles. The Morgan fingerprint density at radius 3 is 2.22 bits per heavy atom. The number of amides is 1. The van der Waals surface area contributed by atoms with Gasteiger partial charge in [-0.2, -0.15) is 0 Å². The fourth-order valence-electron chi connectivity index (χ4n) is 6.04. The van der Waals surface area contributed by atoms with Crippen LogP contribution in [0.3, 0.4) is 0 Å². The number of benzene rings is 1. The summed E-state index contributed by atoms with van der Waals surface area (Å²) in [7, 11) is 0. The first-order valence-corrected chi connectivity index (χ1v) is 14.0. The van der Waals surface area contributed by atoms with E-state index in [2.05, 4.69) is 50.0 Å². The van der Waals surface area contributed by atoms with Gasteiger partial charge in [-0.1, -0.05) is 31.0 Å². The Hall–Kier alpha value is -2.44. The van der Waals surface area contributed by atoms with Gasteiger partial charge in [-0.3, -0.25) is 19.6 Å². The Labute approximate surface area is 216 Å². The minimum atomic E-state index is 0.369. The number of carbonyl (C=O) groups excluding carboxylic acids is 1. The van der Waals surface area contributed by atoms with E-state index >= 15 is 0 Å². The third kappa shape index (κ3) is 7.30. The molecule has 2 aliphatic heterocycles. The minimum Gasteiger partial charge on any atom is -0.493 e. The highest BCUT2D eigenvalue weighted by molar-refractivity contribution is 5.76. The van der Waals surface area contributed by atoms with Crippen molar-refractivity contribution in [3.63, 3.8) is 0 Å². The van der Waals surface area contributed by atoms with E-state index < -0.39 is 0 Å². The maximum atomic E-state index is 12.8. The second kappa shape index (κ2) is 12.7. The molecule has 1 aromatic carbocycles. The minimum absolute atomic E-state index is 0.369. The zero-order valence-electron chi connectivity index (χ0n) is 21.7. The Balaban J connectivity index is 1.01. The molecule has 6 heteroatoms. The summed E-state index contributed by atoms with van der Waals surface area (Å²) in [5, 5.41) is 0. The van der Waals surface area contributed by atoms with Gasteiger partial charge in [0.1, 0.15) is 5.75 Å². The first kappa shape index (κ1) is 25.2. The zero-order valence-corrected chi connectivity index (χ0v) is 21.7. The number of nitrogens with zero attached hydrogens (tertiary/aromatic N) is 4. The van der Waals surface area contributed by atoms with Gasteiger partial charge in [-0.05, 0) is 60.9 Å². The van der Waals surface area contributed by atoms with Crippen LogP contribution < -0.4 is 4.74 Å². The van der Waals surface area contributed by atoms with Gasteiger partial charge in [0.05, 0.1) is 6.61 Å². The van der Waals surface area contributed by atoms with E-state index in [4.69, 9.17) is 4.74 Å². The van der Waals surface area contributed by atoms with Crippen LogP contribution in [0.2, 0.25) is 0 Å². The quantitative estimate of drug-likeness (QED) is 0.514. The molecule has 1 aliphatic carbocycles. The number of piperazine rings is 1. The molecule has 2 saturated heterocycles. The molecule has 1 saturated carbocycles. The number of rotatable bonds is 9. The molecule has 3 fully saturated rings. The number of aromatic nitrogens is 1. The lowest BCUT2D eigenvalue weighted by Gasteiger charge is -2.34. The number of hydrogen-bond donors (Lipinski definition) is 0. The summed E-state index contributed by atoms with van der Waals surface area (Å²) in [4.78, 5) is 24.1. The van der Waals surface area contributed by atoms with Gasteiger partial charge < -0.3 is 9.64 Å². The van der Waals surface area contributed by atoms with Crippen LogP contribution in [0, 0.1) is 11.8 Å². The molecule has 194 valence electrons. The monoisotopic (exact) mass is 490 g/mol. The number of piperidine rings is 1. The van der Waals surface area contributed by atoms with E-state index in [0.717, 1.165) is 77.4 Å². The van der Waals surface area contributed by atoms with Crippen molar-refractivity contribution in [2.24, 2.45) is 11.8 Å². The molecule has 1 amide bonds. The van der Waals surface area contributed by atoms with Crippen molar-refractivity contribution in [2.45, 2.75) is 58.0 Å². The topological polar surface area (TPSA) is 48.9 Å². The normalized spacial score (nSPS) is 22.1. The molecule has 0 spiro atoms.